The molecule has 2 heterocycles. The standard InChI is InChI=1S/C23H23BrN4O/c1-16-15-21(17-7-3-2-4-8-17)27-23(25-16)28-13-11-18(12-14-28)22(29)26-20-10-6-5-9-19(20)24/h2-10,15,18H,11-14H2,1H3,(H,26,29). The maximum atomic E-state index is 12.7. The van der Waals surface area contributed by atoms with E-state index in [1.54, 1.807) is 0 Å². The van der Waals surface area contributed by atoms with Crippen molar-refractivity contribution in [2.45, 2.75) is 19.8 Å². The van der Waals surface area contributed by atoms with Crippen molar-refractivity contribution >= 4 is 33.5 Å². The highest BCUT2D eigenvalue weighted by molar-refractivity contribution is 9.10. The fourth-order valence-electron chi connectivity index (χ4n) is 3.59. The first-order chi connectivity index (χ1) is 14.1. The van der Waals surface area contributed by atoms with Crippen molar-refractivity contribution in [3.8, 4) is 11.3 Å². The van der Waals surface area contributed by atoms with Gasteiger partial charge < -0.3 is 10.2 Å². The van der Waals surface area contributed by atoms with Crippen LogP contribution in [0.2, 0.25) is 0 Å². The summed E-state index contributed by atoms with van der Waals surface area (Å²) in [6, 6.07) is 19.8. The quantitative estimate of drug-likeness (QED) is 0.602. The second kappa shape index (κ2) is 8.74. The van der Waals surface area contributed by atoms with E-state index < -0.39 is 0 Å². The lowest BCUT2D eigenvalue weighted by Crippen LogP contribution is -2.39. The fourth-order valence-corrected chi connectivity index (χ4v) is 3.97. The number of aromatic nitrogens is 2. The van der Waals surface area contributed by atoms with E-state index in [2.05, 4.69) is 43.3 Å². The lowest BCUT2D eigenvalue weighted by atomic mass is 9.96. The van der Waals surface area contributed by atoms with Gasteiger partial charge in [0.05, 0.1) is 11.4 Å². The van der Waals surface area contributed by atoms with Gasteiger partial charge in [-0.05, 0) is 53.9 Å². The molecule has 1 fully saturated rings. The highest BCUT2D eigenvalue weighted by Gasteiger charge is 2.27. The third kappa shape index (κ3) is 4.65. The molecular weight excluding hydrogens is 428 g/mol. The molecule has 1 saturated heterocycles. The van der Waals surface area contributed by atoms with Crippen molar-refractivity contribution in [1.82, 2.24) is 9.97 Å². The van der Waals surface area contributed by atoms with Crippen molar-refractivity contribution in [2.75, 3.05) is 23.3 Å². The molecule has 0 atom stereocenters. The Hall–Kier alpha value is -2.73. The van der Waals surface area contributed by atoms with E-state index in [9.17, 15) is 4.79 Å². The second-order valence-corrected chi connectivity index (χ2v) is 8.15. The highest BCUT2D eigenvalue weighted by Crippen LogP contribution is 2.27. The molecule has 0 bridgehead atoms. The molecular formula is C23H23BrN4O. The topological polar surface area (TPSA) is 58.1 Å². The summed E-state index contributed by atoms with van der Waals surface area (Å²) in [6.07, 6.45) is 1.57. The zero-order valence-corrected chi connectivity index (χ0v) is 17.9. The number of piperidine rings is 1. The molecule has 3 aromatic rings. The van der Waals surface area contributed by atoms with Gasteiger partial charge in [0.1, 0.15) is 0 Å². The molecule has 6 heteroatoms. The molecule has 4 rings (SSSR count). The number of hydrogen-bond acceptors (Lipinski definition) is 4. The first-order valence-electron chi connectivity index (χ1n) is 9.81. The number of hydrogen-bond donors (Lipinski definition) is 1. The van der Waals surface area contributed by atoms with E-state index in [0.29, 0.717) is 0 Å². The summed E-state index contributed by atoms with van der Waals surface area (Å²) >= 11 is 3.48. The van der Waals surface area contributed by atoms with Crippen LogP contribution in [-0.2, 0) is 4.79 Å². The van der Waals surface area contributed by atoms with E-state index in [0.717, 1.165) is 59.0 Å². The Morgan fingerprint density at radius 2 is 1.72 bits per heavy atom. The van der Waals surface area contributed by atoms with Crippen LogP contribution in [0.4, 0.5) is 11.6 Å². The minimum atomic E-state index is -0.00300. The number of anilines is 2. The number of para-hydroxylation sites is 1. The normalized spacial score (nSPS) is 14.6. The SMILES string of the molecule is Cc1cc(-c2ccccc2)nc(N2CCC(C(=O)Nc3ccccc3Br)CC2)n1. The molecule has 5 nitrogen and oxygen atoms in total. The molecule has 1 aromatic heterocycles. The Bertz CT molecular complexity index is 1000. The molecule has 0 aliphatic carbocycles. The Balaban J connectivity index is 1.43. The fraction of sp³-hybridized carbons (Fsp3) is 0.261. The molecule has 0 saturated carbocycles. The molecule has 0 unspecified atom stereocenters. The van der Waals surface area contributed by atoms with E-state index in [4.69, 9.17) is 4.98 Å². The van der Waals surface area contributed by atoms with E-state index in [1.807, 2.05) is 55.5 Å². The van der Waals surface area contributed by atoms with E-state index >= 15 is 0 Å². The molecule has 1 amide bonds. The van der Waals surface area contributed by atoms with Gasteiger partial charge in [-0.3, -0.25) is 4.79 Å². The number of nitrogens with zero attached hydrogens (tertiary/aromatic N) is 3. The maximum absolute atomic E-state index is 12.7. The van der Waals surface area contributed by atoms with Crippen LogP contribution in [-0.4, -0.2) is 29.0 Å². The van der Waals surface area contributed by atoms with Crippen LogP contribution in [0.25, 0.3) is 11.3 Å². The lowest BCUT2D eigenvalue weighted by Gasteiger charge is -2.31. The van der Waals surface area contributed by atoms with Crippen molar-refractivity contribution < 1.29 is 4.79 Å². The van der Waals surface area contributed by atoms with Crippen molar-refractivity contribution in [1.29, 1.82) is 0 Å². The largest absolute Gasteiger partial charge is 0.341 e. The van der Waals surface area contributed by atoms with Crippen LogP contribution in [0, 0.1) is 12.8 Å². The predicted octanol–water partition coefficient (Wildman–Crippen LogP) is 5.07. The lowest BCUT2D eigenvalue weighted by molar-refractivity contribution is -0.120. The minimum absolute atomic E-state index is 0.00300. The Kier molecular flexibility index (Phi) is 5.90. The number of halogens is 1. The molecule has 148 valence electrons. The Morgan fingerprint density at radius 1 is 1.03 bits per heavy atom. The number of rotatable bonds is 4. The summed E-state index contributed by atoms with van der Waals surface area (Å²) in [6.45, 7) is 3.53. The van der Waals surface area contributed by atoms with Gasteiger partial charge in [-0.2, -0.15) is 0 Å². The smallest absolute Gasteiger partial charge is 0.227 e. The van der Waals surface area contributed by atoms with Gasteiger partial charge in [-0.25, -0.2) is 9.97 Å². The molecule has 2 aromatic carbocycles. The van der Waals surface area contributed by atoms with E-state index in [1.165, 1.54) is 0 Å². The summed E-state index contributed by atoms with van der Waals surface area (Å²) in [4.78, 5) is 24.3. The molecule has 1 aliphatic heterocycles. The summed E-state index contributed by atoms with van der Waals surface area (Å²) in [7, 11) is 0. The third-order valence-corrected chi connectivity index (χ3v) is 5.88. The molecule has 29 heavy (non-hydrogen) atoms. The summed E-state index contributed by atoms with van der Waals surface area (Å²) in [5, 5.41) is 3.04. The van der Waals surface area contributed by atoms with Crippen LogP contribution in [0.5, 0.6) is 0 Å². The summed E-state index contributed by atoms with van der Waals surface area (Å²) in [5.74, 6) is 0.817. The number of aryl methyl sites for hydroxylation is 1. The number of nitrogens with one attached hydrogen (secondary N) is 1. The molecule has 1 aliphatic rings. The molecule has 0 spiro atoms. The maximum Gasteiger partial charge on any atom is 0.227 e. The zero-order chi connectivity index (χ0) is 20.2. The van der Waals surface area contributed by atoms with Gasteiger partial charge >= 0.3 is 0 Å². The van der Waals surface area contributed by atoms with Crippen LogP contribution in [0.3, 0.4) is 0 Å². The van der Waals surface area contributed by atoms with Gasteiger partial charge in [0.25, 0.3) is 0 Å². The van der Waals surface area contributed by atoms with Gasteiger partial charge in [0.15, 0.2) is 0 Å². The number of amides is 1. The van der Waals surface area contributed by atoms with Gasteiger partial charge in [-0.15, -0.1) is 0 Å². The highest BCUT2D eigenvalue weighted by atomic mass is 79.9. The molecule has 1 N–H and O–H groups in total. The number of carbonyl (C=O) groups is 1. The second-order valence-electron chi connectivity index (χ2n) is 7.29. The monoisotopic (exact) mass is 450 g/mol. The van der Waals surface area contributed by atoms with Crippen LogP contribution in [0.15, 0.2) is 65.1 Å². The third-order valence-electron chi connectivity index (χ3n) is 5.19. The average molecular weight is 451 g/mol. The first kappa shape index (κ1) is 19.6. The van der Waals surface area contributed by atoms with Crippen molar-refractivity contribution in [3.63, 3.8) is 0 Å². The number of carbonyl (C=O) groups excluding carboxylic acids is 1. The van der Waals surface area contributed by atoms with Crippen LogP contribution >= 0.6 is 15.9 Å². The van der Waals surface area contributed by atoms with Crippen molar-refractivity contribution in [3.05, 3.63) is 70.8 Å². The minimum Gasteiger partial charge on any atom is -0.341 e. The first-order valence-corrected chi connectivity index (χ1v) is 10.6. The average Bonchev–Trinajstić information content (AvgIpc) is 2.75. The van der Waals surface area contributed by atoms with Gasteiger partial charge in [0, 0.05) is 34.7 Å². The summed E-state index contributed by atoms with van der Waals surface area (Å²) in [5.41, 5.74) is 3.78. The van der Waals surface area contributed by atoms with Gasteiger partial charge in [-0.1, -0.05) is 42.5 Å². The zero-order valence-electron chi connectivity index (χ0n) is 16.3. The summed E-state index contributed by atoms with van der Waals surface area (Å²) < 4.78 is 0.896. The van der Waals surface area contributed by atoms with Gasteiger partial charge in [0.2, 0.25) is 11.9 Å². The molecule has 0 radical (unpaired) electrons. The Labute approximate surface area is 179 Å². The predicted molar refractivity (Wildman–Crippen MR) is 120 cm³/mol. The number of benzene rings is 2. The van der Waals surface area contributed by atoms with E-state index in [-0.39, 0.29) is 11.8 Å². The van der Waals surface area contributed by atoms with Crippen molar-refractivity contribution in [2.24, 2.45) is 5.92 Å². The van der Waals surface area contributed by atoms with Crippen LogP contribution < -0.4 is 10.2 Å². The van der Waals surface area contributed by atoms with Crippen LogP contribution in [0.1, 0.15) is 18.5 Å². The Morgan fingerprint density at radius 3 is 2.45 bits per heavy atom.